The number of benzene rings is 1. The number of thiazole rings is 1. The maximum Gasteiger partial charge on any atom is 0.191 e. The Morgan fingerprint density at radius 1 is 1.29 bits per heavy atom. The number of hydrogen-bond acceptors (Lipinski definition) is 5. The van der Waals surface area contributed by atoms with Crippen LogP contribution in [-0.2, 0) is 13.0 Å². The summed E-state index contributed by atoms with van der Waals surface area (Å²) in [6.07, 6.45) is 2.77. The second-order valence-corrected chi connectivity index (χ2v) is 7.51. The molecule has 6 nitrogen and oxygen atoms in total. The Balaban J connectivity index is 0.00000392. The molecule has 0 amide bonds. The molecule has 0 aliphatic carbocycles. The molecule has 0 saturated heterocycles. The van der Waals surface area contributed by atoms with Crippen molar-refractivity contribution in [2.45, 2.75) is 33.7 Å². The molecule has 1 aromatic carbocycles. The van der Waals surface area contributed by atoms with Crippen molar-refractivity contribution < 1.29 is 9.47 Å². The monoisotopic (exact) mass is 538 g/mol. The van der Waals surface area contributed by atoms with Crippen LogP contribution >= 0.6 is 46.9 Å². The number of aromatic nitrogens is 1. The van der Waals surface area contributed by atoms with Crippen LogP contribution in [0.15, 0.2) is 23.3 Å². The average Bonchev–Trinajstić information content (AvgIpc) is 3.06. The Morgan fingerprint density at radius 2 is 2.07 bits per heavy atom. The molecule has 1 aromatic heterocycles. The Hall–Kier alpha value is -1.26. The maximum atomic E-state index is 6.33. The van der Waals surface area contributed by atoms with Crippen molar-refractivity contribution in [2.24, 2.45) is 4.99 Å². The second-order valence-electron chi connectivity index (χ2n) is 5.78. The van der Waals surface area contributed by atoms with Gasteiger partial charge in [-0.2, -0.15) is 0 Å². The number of methoxy groups -OCH3 is 1. The van der Waals surface area contributed by atoms with E-state index in [0.29, 0.717) is 29.7 Å². The van der Waals surface area contributed by atoms with Crippen LogP contribution in [0.1, 0.15) is 29.3 Å². The third kappa shape index (κ3) is 7.63. The Bertz CT molecular complexity index is 770. The van der Waals surface area contributed by atoms with Crippen molar-refractivity contribution >= 4 is 52.9 Å². The van der Waals surface area contributed by atoms with E-state index in [4.69, 9.17) is 21.1 Å². The van der Waals surface area contributed by atoms with Gasteiger partial charge in [0.25, 0.3) is 0 Å². The van der Waals surface area contributed by atoms with Gasteiger partial charge >= 0.3 is 0 Å². The third-order valence-corrected chi connectivity index (χ3v) is 4.90. The zero-order valence-corrected chi connectivity index (χ0v) is 20.6. The van der Waals surface area contributed by atoms with Gasteiger partial charge in [-0.15, -0.1) is 35.3 Å². The van der Waals surface area contributed by atoms with Crippen LogP contribution in [0.25, 0.3) is 0 Å². The van der Waals surface area contributed by atoms with Gasteiger partial charge in [0.05, 0.1) is 30.3 Å². The van der Waals surface area contributed by atoms with Crippen LogP contribution in [-0.4, -0.2) is 37.7 Å². The maximum absolute atomic E-state index is 6.33. The van der Waals surface area contributed by atoms with Crippen LogP contribution in [0.3, 0.4) is 0 Å². The highest BCUT2D eigenvalue weighted by atomic mass is 127. The number of nitrogens with one attached hydrogen (secondary N) is 2. The average molecular weight is 539 g/mol. The van der Waals surface area contributed by atoms with E-state index in [1.54, 1.807) is 18.4 Å². The van der Waals surface area contributed by atoms with Gasteiger partial charge in [0, 0.05) is 30.6 Å². The van der Waals surface area contributed by atoms with E-state index in [2.05, 4.69) is 27.5 Å². The number of halogens is 2. The fraction of sp³-hybridized carbons (Fsp3) is 0.474. The molecule has 9 heteroatoms. The quantitative estimate of drug-likeness (QED) is 0.281. The minimum Gasteiger partial charge on any atom is -0.493 e. The molecule has 0 unspecified atom stereocenters. The van der Waals surface area contributed by atoms with Crippen molar-refractivity contribution in [3.05, 3.63) is 38.8 Å². The summed E-state index contributed by atoms with van der Waals surface area (Å²) in [6.45, 7) is 8.58. The van der Waals surface area contributed by atoms with E-state index in [1.807, 2.05) is 32.2 Å². The van der Waals surface area contributed by atoms with Crippen molar-refractivity contribution in [1.82, 2.24) is 15.6 Å². The minimum absolute atomic E-state index is 0. The highest BCUT2D eigenvalue weighted by Crippen LogP contribution is 2.36. The van der Waals surface area contributed by atoms with E-state index in [9.17, 15) is 0 Å². The number of nitrogens with zero attached hydrogens (tertiary/aromatic N) is 2. The van der Waals surface area contributed by atoms with E-state index in [0.717, 1.165) is 36.0 Å². The lowest BCUT2D eigenvalue weighted by Crippen LogP contribution is -2.38. The number of guanidine groups is 1. The van der Waals surface area contributed by atoms with Gasteiger partial charge in [0.1, 0.15) is 0 Å². The summed E-state index contributed by atoms with van der Waals surface area (Å²) in [7, 11) is 1.60. The predicted molar refractivity (Wildman–Crippen MR) is 128 cm³/mol. The number of ether oxygens (including phenoxy) is 2. The van der Waals surface area contributed by atoms with Gasteiger partial charge in [-0.3, -0.25) is 0 Å². The lowest BCUT2D eigenvalue weighted by molar-refractivity contribution is 0.311. The van der Waals surface area contributed by atoms with Crippen LogP contribution in [0.5, 0.6) is 11.5 Å². The molecule has 0 saturated carbocycles. The number of rotatable bonds is 9. The third-order valence-electron chi connectivity index (χ3n) is 3.64. The lowest BCUT2D eigenvalue weighted by Gasteiger charge is -2.13. The lowest BCUT2D eigenvalue weighted by atomic mass is 10.2. The summed E-state index contributed by atoms with van der Waals surface area (Å²) >= 11 is 8.05. The highest BCUT2D eigenvalue weighted by Gasteiger charge is 2.11. The molecule has 0 radical (unpaired) electrons. The second kappa shape index (κ2) is 13.1. The molecule has 156 valence electrons. The summed E-state index contributed by atoms with van der Waals surface area (Å²) in [5.74, 6) is 1.94. The fourth-order valence-corrected chi connectivity index (χ4v) is 3.54. The summed E-state index contributed by atoms with van der Waals surface area (Å²) < 4.78 is 10.9. The van der Waals surface area contributed by atoms with E-state index in [-0.39, 0.29) is 24.0 Å². The molecule has 0 spiro atoms. The molecular formula is C19H28ClIN4O2S. The SMILES string of the molecule is CCNC(=NCc1cc(Cl)c(OCC)c(OC)c1)NCCc1ncc(C)s1.I. The van der Waals surface area contributed by atoms with Crippen molar-refractivity contribution in [1.29, 1.82) is 0 Å². The largest absolute Gasteiger partial charge is 0.493 e. The van der Waals surface area contributed by atoms with Crippen LogP contribution in [0.4, 0.5) is 0 Å². The van der Waals surface area contributed by atoms with Crippen molar-refractivity contribution in [2.75, 3.05) is 26.8 Å². The van der Waals surface area contributed by atoms with Crippen molar-refractivity contribution in [3.63, 3.8) is 0 Å². The van der Waals surface area contributed by atoms with Gasteiger partial charge in [-0.05, 0) is 38.5 Å². The summed E-state index contributed by atoms with van der Waals surface area (Å²) in [6, 6.07) is 3.77. The first-order chi connectivity index (χ1) is 13.1. The number of hydrogen-bond donors (Lipinski definition) is 2. The van der Waals surface area contributed by atoms with Crippen molar-refractivity contribution in [3.8, 4) is 11.5 Å². The topological polar surface area (TPSA) is 67.8 Å². The molecule has 0 atom stereocenters. The normalized spacial score (nSPS) is 11.0. The smallest absolute Gasteiger partial charge is 0.191 e. The summed E-state index contributed by atoms with van der Waals surface area (Å²) in [5.41, 5.74) is 0.952. The van der Waals surface area contributed by atoms with Gasteiger partial charge in [-0.25, -0.2) is 9.98 Å². The van der Waals surface area contributed by atoms with Gasteiger partial charge < -0.3 is 20.1 Å². The Kier molecular flexibility index (Phi) is 11.6. The zero-order chi connectivity index (χ0) is 19.6. The van der Waals surface area contributed by atoms with Gasteiger partial charge in [-0.1, -0.05) is 11.6 Å². The van der Waals surface area contributed by atoms with E-state index in [1.165, 1.54) is 4.88 Å². The standard InChI is InChI=1S/C19H27ClN4O2S.HI/c1-5-21-19(22-8-7-17-23-11-13(3)27-17)24-12-14-9-15(20)18(26-6-2)16(10-14)25-4;/h9-11H,5-8,12H2,1-4H3,(H2,21,22,24);1H. The van der Waals surface area contributed by atoms with Gasteiger partial charge in [0.15, 0.2) is 17.5 Å². The molecule has 1 heterocycles. The zero-order valence-electron chi connectivity index (χ0n) is 16.7. The molecule has 0 aliphatic rings. The van der Waals surface area contributed by atoms with Gasteiger partial charge in [0.2, 0.25) is 0 Å². The molecular weight excluding hydrogens is 511 g/mol. The molecule has 2 rings (SSSR count). The molecule has 2 aromatic rings. The van der Waals surface area contributed by atoms with Crippen LogP contribution in [0.2, 0.25) is 5.02 Å². The Labute approximate surface area is 193 Å². The molecule has 0 bridgehead atoms. The first kappa shape index (κ1) is 24.8. The van der Waals surface area contributed by atoms with E-state index < -0.39 is 0 Å². The summed E-state index contributed by atoms with van der Waals surface area (Å²) in [4.78, 5) is 10.2. The van der Waals surface area contributed by atoms with Crippen LogP contribution < -0.4 is 20.1 Å². The number of aliphatic imine (C=N–C) groups is 1. The Morgan fingerprint density at radius 3 is 2.68 bits per heavy atom. The molecule has 28 heavy (non-hydrogen) atoms. The first-order valence-electron chi connectivity index (χ1n) is 9.00. The van der Waals surface area contributed by atoms with E-state index >= 15 is 0 Å². The first-order valence-corrected chi connectivity index (χ1v) is 10.2. The molecule has 0 fully saturated rings. The number of aryl methyl sites for hydroxylation is 1. The fourth-order valence-electron chi connectivity index (χ4n) is 2.47. The minimum atomic E-state index is 0. The molecule has 0 aliphatic heterocycles. The summed E-state index contributed by atoms with van der Waals surface area (Å²) in [5, 5.41) is 8.24. The predicted octanol–water partition coefficient (Wildman–Crippen LogP) is 4.43. The van der Waals surface area contributed by atoms with Crippen LogP contribution in [0, 0.1) is 6.92 Å². The molecule has 2 N–H and O–H groups in total. The highest BCUT2D eigenvalue weighted by molar-refractivity contribution is 14.0.